The molecule has 0 aliphatic rings. The zero-order valence-electron chi connectivity index (χ0n) is 13.7. The predicted octanol–water partition coefficient (Wildman–Crippen LogP) is 3.54. The van der Waals surface area contributed by atoms with Gasteiger partial charge >= 0.3 is 0 Å². The van der Waals surface area contributed by atoms with E-state index in [1.807, 2.05) is 7.05 Å². The van der Waals surface area contributed by atoms with Crippen LogP contribution in [0.5, 0.6) is 0 Å². The summed E-state index contributed by atoms with van der Waals surface area (Å²) in [6.07, 6.45) is 0. The summed E-state index contributed by atoms with van der Waals surface area (Å²) in [5.41, 5.74) is 5.50. The van der Waals surface area contributed by atoms with Crippen LogP contribution in [0.25, 0.3) is 0 Å². The van der Waals surface area contributed by atoms with Crippen molar-refractivity contribution >= 4 is 5.69 Å². The third kappa shape index (κ3) is 4.24. The second-order valence-electron chi connectivity index (χ2n) is 6.17. The van der Waals surface area contributed by atoms with Crippen molar-refractivity contribution in [2.45, 2.75) is 34.6 Å². The molecule has 1 N–H and O–H groups in total. The molecule has 0 spiro atoms. The molecule has 0 saturated carbocycles. The summed E-state index contributed by atoms with van der Waals surface area (Å²) in [5.74, 6) is 1.37. The number of hydrogen-bond donors (Lipinski definition) is 1. The molecule has 0 bridgehead atoms. The molecular formula is C17H30N2. The third-order valence-electron chi connectivity index (χ3n) is 4.14. The van der Waals surface area contributed by atoms with Gasteiger partial charge in [-0.25, -0.2) is 0 Å². The van der Waals surface area contributed by atoms with Crippen LogP contribution in [-0.2, 0) is 0 Å². The normalized spacial score (nSPS) is 12.8. The number of benzene rings is 1. The maximum absolute atomic E-state index is 3.31. The van der Waals surface area contributed by atoms with Gasteiger partial charge in [0.2, 0.25) is 0 Å². The van der Waals surface area contributed by atoms with Crippen molar-refractivity contribution in [1.29, 1.82) is 0 Å². The van der Waals surface area contributed by atoms with Gasteiger partial charge in [0.25, 0.3) is 0 Å². The summed E-state index contributed by atoms with van der Waals surface area (Å²) in [7, 11) is 4.25. The molecule has 1 unspecified atom stereocenters. The van der Waals surface area contributed by atoms with Crippen LogP contribution in [-0.4, -0.2) is 27.2 Å². The van der Waals surface area contributed by atoms with Crippen molar-refractivity contribution in [1.82, 2.24) is 5.32 Å². The van der Waals surface area contributed by atoms with Crippen molar-refractivity contribution in [3.8, 4) is 0 Å². The molecule has 0 aliphatic carbocycles. The molecule has 1 rings (SSSR count). The standard InChI is InChI=1S/C17H30N2/c1-12(2)16(10-18-6)11-19(7)17-9-14(4)13(3)8-15(17)5/h8-9,12,16,18H,10-11H2,1-7H3. The highest BCUT2D eigenvalue weighted by atomic mass is 15.1. The Morgan fingerprint density at radius 2 is 1.63 bits per heavy atom. The van der Waals surface area contributed by atoms with E-state index in [1.165, 1.54) is 22.4 Å². The van der Waals surface area contributed by atoms with E-state index in [2.05, 4.69) is 64.0 Å². The maximum Gasteiger partial charge on any atom is 0.0396 e. The molecule has 0 radical (unpaired) electrons. The summed E-state index contributed by atoms with van der Waals surface area (Å²) in [5, 5.41) is 3.31. The summed E-state index contributed by atoms with van der Waals surface area (Å²) < 4.78 is 0. The van der Waals surface area contributed by atoms with Crippen molar-refractivity contribution in [3.05, 3.63) is 28.8 Å². The van der Waals surface area contributed by atoms with Gasteiger partial charge in [-0.15, -0.1) is 0 Å². The Morgan fingerprint density at radius 3 is 2.16 bits per heavy atom. The summed E-state index contributed by atoms with van der Waals surface area (Å²) >= 11 is 0. The second-order valence-corrected chi connectivity index (χ2v) is 6.17. The fourth-order valence-corrected chi connectivity index (χ4v) is 2.58. The van der Waals surface area contributed by atoms with Gasteiger partial charge in [0.15, 0.2) is 0 Å². The zero-order chi connectivity index (χ0) is 14.6. The van der Waals surface area contributed by atoms with E-state index >= 15 is 0 Å². The Bertz CT molecular complexity index is 410. The first-order valence-electron chi connectivity index (χ1n) is 7.30. The molecule has 0 aromatic heterocycles. The number of hydrogen-bond acceptors (Lipinski definition) is 2. The lowest BCUT2D eigenvalue weighted by atomic mass is 9.94. The molecule has 1 atom stereocenters. The number of nitrogens with one attached hydrogen (secondary N) is 1. The van der Waals surface area contributed by atoms with Crippen LogP contribution in [0.2, 0.25) is 0 Å². The minimum atomic E-state index is 0.677. The van der Waals surface area contributed by atoms with E-state index in [9.17, 15) is 0 Å². The molecule has 1 aromatic rings. The first-order chi connectivity index (χ1) is 8.86. The third-order valence-corrected chi connectivity index (χ3v) is 4.14. The van der Waals surface area contributed by atoms with Crippen molar-refractivity contribution < 1.29 is 0 Å². The fraction of sp³-hybridized carbons (Fsp3) is 0.647. The number of rotatable bonds is 6. The zero-order valence-corrected chi connectivity index (χ0v) is 13.7. The van der Waals surface area contributed by atoms with Crippen molar-refractivity contribution in [2.24, 2.45) is 11.8 Å². The Morgan fingerprint density at radius 1 is 1.05 bits per heavy atom. The second kappa shape index (κ2) is 6.95. The minimum absolute atomic E-state index is 0.677. The predicted molar refractivity (Wildman–Crippen MR) is 86.2 cm³/mol. The van der Waals surface area contributed by atoms with E-state index in [1.54, 1.807) is 0 Å². The molecule has 0 fully saturated rings. The minimum Gasteiger partial charge on any atom is -0.374 e. The monoisotopic (exact) mass is 262 g/mol. The Labute approximate surface area is 119 Å². The van der Waals surface area contributed by atoms with E-state index in [0.717, 1.165) is 13.1 Å². The van der Waals surface area contributed by atoms with Gasteiger partial charge in [0.1, 0.15) is 0 Å². The number of nitrogens with zero attached hydrogens (tertiary/aromatic N) is 1. The van der Waals surface area contributed by atoms with Crippen LogP contribution in [0.15, 0.2) is 12.1 Å². The van der Waals surface area contributed by atoms with Crippen molar-refractivity contribution in [3.63, 3.8) is 0 Å². The van der Waals surface area contributed by atoms with Gasteiger partial charge in [0, 0.05) is 19.3 Å². The first kappa shape index (κ1) is 16.0. The smallest absolute Gasteiger partial charge is 0.0396 e. The summed E-state index contributed by atoms with van der Waals surface area (Å²) in [6.45, 7) is 13.4. The molecule has 0 heterocycles. The van der Waals surface area contributed by atoms with Gasteiger partial charge in [-0.2, -0.15) is 0 Å². The van der Waals surface area contributed by atoms with Crippen LogP contribution >= 0.6 is 0 Å². The van der Waals surface area contributed by atoms with Crippen LogP contribution < -0.4 is 10.2 Å². The highest BCUT2D eigenvalue weighted by Crippen LogP contribution is 2.25. The van der Waals surface area contributed by atoms with Crippen LogP contribution in [0.4, 0.5) is 5.69 Å². The van der Waals surface area contributed by atoms with E-state index in [-0.39, 0.29) is 0 Å². The average Bonchev–Trinajstić information content (AvgIpc) is 2.32. The molecule has 0 saturated heterocycles. The number of anilines is 1. The highest BCUT2D eigenvalue weighted by Gasteiger charge is 2.16. The fourth-order valence-electron chi connectivity index (χ4n) is 2.58. The topological polar surface area (TPSA) is 15.3 Å². The SMILES string of the molecule is CNCC(CN(C)c1cc(C)c(C)cc1C)C(C)C. The number of aryl methyl sites for hydroxylation is 3. The van der Waals surface area contributed by atoms with Crippen LogP contribution in [0.1, 0.15) is 30.5 Å². The maximum atomic E-state index is 3.31. The molecule has 0 aliphatic heterocycles. The molecule has 108 valence electrons. The Kier molecular flexibility index (Phi) is 5.86. The molecule has 19 heavy (non-hydrogen) atoms. The lowest BCUT2D eigenvalue weighted by Crippen LogP contribution is -2.34. The van der Waals surface area contributed by atoms with Crippen molar-refractivity contribution in [2.75, 3.05) is 32.1 Å². The Balaban J connectivity index is 2.87. The van der Waals surface area contributed by atoms with Crippen LogP contribution in [0, 0.1) is 32.6 Å². The first-order valence-corrected chi connectivity index (χ1v) is 7.30. The average molecular weight is 262 g/mol. The molecule has 0 amide bonds. The van der Waals surface area contributed by atoms with Gasteiger partial charge < -0.3 is 10.2 Å². The quantitative estimate of drug-likeness (QED) is 0.843. The lowest BCUT2D eigenvalue weighted by Gasteiger charge is -2.29. The molecule has 2 heteroatoms. The van der Waals surface area contributed by atoms with Gasteiger partial charge in [-0.05, 0) is 69.0 Å². The van der Waals surface area contributed by atoms with E-state index in [0.29, 0.717) is 11.8 Å². The van der Waals surface area contributed by atoms with Gasteiger partial charge in [0.05, 0.1) is 0 Å². The van der Waals surface area contributed by atoms with E-state index < -0.39 is 0 Å². The van der Waals surface area contributed by atoms with Gasteiger partial charge in [-0.1, -0.05) is 19.9 Å². The largest absolute Gasteiger partial charge is 0.374 e. The lowest BCUT2D eigenvalue weighted by molar-refractivity contribution is 0.376. The summed E-state index contributed by atoms with van der Waals surface area (Å²) in [4.78, 5) is 2.41. The molecular weight excluding hydrogens is 232 g/mol. The van der Waals surface area contributed by atoms with E-state index in [4.69, 9.17) is 0 Å². The van der Waals surface area contributed by atoms with Crippen LogP contribution in [0.3, 0.4) is 0 Å². The molecule has 2 nitrogen and oxygen atoms in total. The highest BCUT2D eigenvalue weighted by molar-refractivity contribution is 5.56. The van der Waals surface area contributed by atoms with Gasteiger partial charge in [-0.3, -0.25) is 0 Å². The molecule has 1 aromatic carbocycles. The summed E-state index contributed by atoms with van der Waals surface area (Å²) in [6, 6.07) is 4.62. The Hall–Kier alpha value is -1.02.